The molecule has 0 aromatic carbocycles. The van der Waals surface area contributed by atoms with E-state index in [0.29, 0.717) is 0 Å². The molecule has 0 fully saturated rings. The van der Waals surface area contributed by atoms with Gasteiger partial charge in [0.15, 0.2) is 0 Å². The molecule has 0 rings (SSSR count). The lowest BCUT2D eigenvalue weighted by atomic mass is 10.1. The Bertz CT molecular complexity index is 134. The van der Waals surface area contributed by atoms with E-state index in [0.717, 1.165) is 0 Å². The molecule has 18 heavy (non-hydrogen) atoms. The minimum atomic E-state index is 1.22. The van der Waals surface area contributed by atoms with Gasteiger partial charge in [0.1, 0.15) is 0 Å². The Labute approximate surface area is 124 Å². The van der Waals surface area contributed by atoms with Crippen molar-refractivity contribution in [1.82, 2.24) is 3.93 Å². The van der Waals surface area contributed by atoms with Crippen molar-refractivity contribution in [3.63, 3.8) is 0 Å². The van der Waals surface area contributed by atoms with Crippen molar-refractivity contribution in [3.8, 4) is 0 Å². The molecule has 0 spiro atoms. The van der Waals surface area contributed by atoms with Gasteiger partial charge in [-0.15, -0.1) is 0 Å². The van der Waals surface area contributed by atoms with Crippen LogP contribution in [-0.4, -0.2) is 17.0 Å². The Morgan fingerprint density at radius 1 is 0.556 bits per heavy atom. The van der Waals surface area contributed by atoms with Gasteiger partial charge < -0.3 is 0 Å². The summed E-state index contributed by atoms with van der Waals surface area (Å²) in [6.45, 7) is 7.00. The summed E-state index contributed by atoms with van der Waals surface area (Å²) in [5, 5.41) is 0. The van der Waals surface area contributed by atoms with E-state index in [2.05, 4.69) is 33.9 Å². The Hall–Kier alpha value is 0.440. The fourth-order valence-electron chi connectivity index (χ4n) is 2.24. The van der Waals surface area contributed by atoms with Gasteiger partial charge in [0.2, 0.25) is 0 Å². The molecule has 2 heteroatoms. The van der Waals surface area contributed by atoms with Gasteiger partial charge in [0, 0.05) is 29.2 Å². The third-order valence-corrected chi connectivity index (χ3v) is 4.22. The second-order valence-electron chi connectivity index (χ2n) is 5.45. The number of nitrogens with zero attached hydrogens (tertiary/aromatic N) is 1. The first-order valence-corrected chi connectivity index (χ1v) is 8.92. The number of halogens is 1. The SMILES string of the molecule is CCCCCCCCN(Br)CCCCCCCC. The summed E-state index contributed by atoms with van der Waals surface area (Å²) >= 11 is 3.68. The van der Waals surface area contributed by atoms with Gasteiger partial charge in [-0.25, -0.2) is 3.93 Å². The van der Waals surface area contributed by atoms with Gasteiger partial charge in [0.25, 0.3) is 0 Å². The summed E-state index contributed by atoms with van der Waals surface area (Å²) in [4.78, 5) is 0. The summed E-state index contributed by atoms with van der Waals surface area (Å²) in [7, 11) is 0. The minimum Gasteiger partial charge on any atom is -0.242 e. The molecule has 0 heterocycles. The summed E-state index contributed by atoms with van der Waals surface area (Å²) in [5.41, 5.74) is 0. The predicted molar refractivity (Wildman–Crippen MR) is 87.3 cm³/mol. The van der Waals surface area contributed by atoms with Crippen LogP contribution in [0.15, 0.2) is 0 Å². The summed E-state index contributed by atoms with van der Waals surface area (Å²) in [6, 6.07) is 0. The van der Waals surface area contributed by atoms with Gasteiger partial charge >= 0.3 is 0 Å². The van der Waals surface area contributed by atoms with Crippen LogP contribution in [0.5, 0.6) is 0 Å². The van der Waals surface area contributed by atoms with Crippen molar-refractivity contribution in [2.75, 3.05) is 13.1 Å². The smallest absolute Gasteiger partial charge is 0.0120 e. The molecule has 1 nitrogen and oxygen atoms in total. The van der Waals surface area contributed by atoms with Crippen LogP contribution in [0.2, 0.25) is 0 Å². The Kier molecular flexibility index (Phi) is 15.9. The highest BCUT2D eigenvalue weighted by atomic mass is 79.9. The highest BCUT2D eigenvalue weighted by Crippen LogP contribution is 2.10. The van der Waals surface area contributed by atoms with Gasteiger partial charge in [-0.05, 0) is 12.8 Å². The zero-order valence-corrected chi connectivity index (χ0v) is 14.3. The molecule has 0 saturated carbocycles. The first kappa shape index (κ1) is 18.4. The van der Waals surface area contributed by atoms with Crippen LogP contribution in [0, 0.1) is 0 Å². The molecule has 0 aliphatic heterocycles. The van der Waals surface area contributed by atoms with E-state index >= 15 is 0 Å². The largest absolute Gasteiger partial charge is 0.242 e. The fraction of sp³-hybridized carbons (Fsp3) is 1.00. The molecular formula is C16H34BrN. The number of rotatable bonds is 14. The third kappa shape index (κ3) is 14.5. The molecule has 0 saturated heterocycles. The second kappa shape index (κ2) is 15.5. The molecule has 0 aromatic rings. The standard InChI is InChI=1S/C16H34BrN/c1-3-5-7-9-11-13-15-18(17)16-14-12-10-8-6-4-2/h3-16H2,1-2H3. The average Bonchev–Trinajstić information content (AvgIpc) is 2.38. The number of unbranched alkanes of at least 4 members (excludes halogenated alkanes) is 10. The predicted octanol–water partition coefficient (Wildman–Crippen LogP) is 6.32. The van der Waals surface area contributed by atoms with E-state index in [9.17, 15) is 0 Å². The van der Waals surface area contributed by atoms with Gasteiger partial charge in [-0.1, -0.05) is 78.1 Å². The molecule has 0 radical (unpaired) electrons. The van der Waals surface area contributed by atoms with E-state index < -0.39 is 0 Å². The van der Waals surface area contributed by atoms with Gasteiger partial charge in [0.05, 0.1) is 0 Å². The highest BCUT2D eigenvalue weighted by Gasteiger charge is 2.00. The van der Waals surface area contributed by atoms with Crippen molar-refractivity contribution in [2.45, 2.75) is 90.9 Å². The first-order valence-electron chi connectivity index (χ1n) is 8.22. The number of hydrogen-bond donors (Lipinski definition) is 0. The maximum Gasteiger partial charge on any atom is 0.0120 e. The van der Waals surface area contributed by atoms with Gasteiger partial charge in [-0.3, -0.25) is 0 Å². The van der Waals surface area contributed by atoms with Crippen molar-refractivity contribution in [1.29, 1.82) is 0 Å². The molecule has 0 bridgehead atoms. The van der Waals surface area contributed by atoms with E-state index in [1.807, 2.05) is 0 Å². The van der Waals surface area contributed by atoms with E-state index in [4.69, 9.17) is 0 Å². The molecule has 0 aliphatic rings. The van der Waals surface area contributed by atoms with E-state index in [-0.39, 0.29) is 0 Å². The monoisotopic (exact) mass is 319 g/mol. The molecule has 0 unspecified atom stereocenters. The lowest BCUT2D eigenvalue weighted by Gasteiger charge is -2.13. The fourth-order valence-corrected chi connectivity index (χ4v) is 2.74. The van der Waals surface area contributed by atoms with Crippen LogP contribution in [0.1, 0.15) is 90.9 Å². The summed E-state index contributed by atoms with van der Waals surface area (Å²) < 4.78 is 2.34. The van der Waals surface area contributed by atoms with Crippen LogP contribution in [0.4, 0.5) is 0 Å². The Balaban J connectivity index is 3.10. The Morgan fingerprint density at radius 3 is 1.28 bits per heavy atom. The lowest BCUT2D eigenvalue weighted by molar-refractivity contribution is 0.436. The minimum absolute atomic E-state index is 1.22. The van der Waals surface area contributed by atoms with E-state index in [1.54, 1.807) is 0 Å². The molecule has 0 aromatic heterocycles. The topological polar surface area (TPSA) is 3.24 Å². The highest BCUT2D eigenvalue weighted by molar-refractivity contribution is 9.07. The van der Waals surface area contributed by atoms with Crippen LogP contribution in [-0.2, 0) is 0 Å². The van der Waals surface area contributed by atoms with Gasteiger partial charge in [-0.2, -0.15) is 0 Å². The van der Waals surface area contributed by atoms with Crippen molar-refractivity contribution in [2.24, 2.45) is 0 Å². The molecule has 0 aliphatic carbocycles. The molecule has 0 N–H and O–H groups in total. The average molecular weight is 320 g/mol. The zero-order chi connectivity index (χ0) is 13.5. The van der Waals surface area contributed by atoms with Crippen molar-refractivity contribution in [3.05, 3.63) is 0 Å². The van der Waals surface area contributed by atoms with Crippen molar-refractivity contribution >= 4 is 16.1 Å². The summed E-state index contributed by atoms with van der Waals surface area (Å²) in [6.07, 6.45) is 16.7. The normalized spacial score (nSPS) is 11.3. The van der Waals surface area contributed by atoms with Crippen LogP contribution >= 0.6 is 16.1 Å². The third-order valence-electron chi connectivity index (χ3n) is 3.51. The molecule has 0 atom stereocenters. The quantitative estimate of drug-likeness (QED) is 0.267. The first-order chi connectivity index (χ1) is 8.81. The van der Waals surface area contributed by atoms with Crippen LogP contribution in [0.3, 0.4) is 0 Å². The van der Waals surface area contributed by atoms with E-state index in [1.165, 1.54) is 90.1 Å². The molecule has 110 valence electrons. The van der Waals surface area contributed by atoms with Crippen LogP contribution in [0.25, 0.3) is 0 Å². The van der Waals surface area contributed by atoms with Crippen LogP contribution < -0.4 is 0 Å². The maximum atomic E-state index is 3.68. The second-order valence-corrected chi connectivity index (χ2v) is 6.45. The Morgan fingerprint density at radius 2 is 0.889 bits per heavy atom. The lowest BCUT2D eigenvalue weighted by Crippen LogP contribution is -2.14. The number of hydrogen-bond acceptors (Lipinski definition) is 1. The zero-order valence-electron chi connectivity index (χ0n) is 12.7. The molecule has 0 amide bonds. The molecular weight excluding hydrogens is 286 g/mol. The summed E-state index contributed by atoms with van der Waals surface area (Å²) in [5.74, 6) is 0. The maximum absolute atomic E-state index is 3.68. The van der Waals surface area contributed by atoms with Crippen molar-refractivity contribution < 1.29 is 0 Å².